The average molecular weight is 473 g/mol. The molecule has 0 unspecified atom stereocenters. The maximum atomic E-state index is 12.7. The van der Waals surface area contributed by atoms with E-state index in [0.29, 0.717) is 11.5 Å². The molecule has 0 aliphatic heterocycles. The summed E-state index contributed by atoms with van der Waals surface area (Å²) in [5.41, 5.74) is 0. The molecule has 1 aromatic rings. The highest BCUT2D eigenvalue weighted by molar-refractivity contribution is 7.98. The van der Waals surface area contributed by atoms with Crippen LogP contribution in [0.15, 0.2) is 29.2 Å². The maximum Gasteiger partial charge on any atom is 0.324 e. The van der Waals surface area contributed by atoms with Crippen molar-refractivity contribution in [1.29, 1.82) is 0 Å². The van der Waals surface area contributed by atoms with Crippen molar-refractivity contribution in [3.8, 4) is 5.75 Å². The summed E-state index contributed by atoms with van der Waals surface area (Å²) in [6.45, 7) is -0.397. The molecule has 0 aromatic heterocycles. The van der Waals surface area contributed by atoms with Gasteiger partial charge in [0.2, 0.25) is 10.0 Å². The molecule has 1 N–H and O–H groups in total. The van der Waals surface area contributed by atoms with Gasteiger partial charge in [-0.15, -0.1) is 0 Å². The van der Waals surface area contributed by atoms with Crippen molar-refractivity contribution >= 4 is 33.7 Å². The summed E-state index contributed by atoms with van der Waals surface area (Å²) in [4.78, 5) is 26.7. The van der Waals surface area contributed by atoms with Gasteiger partial charge in [-0.1, -0.05) is 19.3 Å². The Hall–Kier alpha value is -1.78. The molecule has 1 amide bonds. The molecule has 1 fully saturated rings. The Kier molecular flexibility index (Phi) is 10.1. The van der Waals surface area contributed by atoms with Gasteiger partial charge in [0.25, 0.3) is 5.91 Å². The van der Waals surface area contributed by atoms with Crippen LogP contribution in [-0.4, -0.2) is 70.1 Å². The first-order chi connectivity index (χ1) is 14.8. The lowest BCUT2D eigenvalue weighted by Crippen LogP contribution is -2.44. The Bertz CT molecular complexity index is 823. The van der Waals surface area contributed by atoms with Crippen molar-refractivity contribution in [2.45, 2.75) is 55.5 Å². The van der Waals surface area contributed by atoms with Gasteiger partial charge in [0, 0.05) is 13.1 Å². The minimum atomic E-state index is -3.94. The van der Waals surface area contributed by atoms with E-state index in [1.807, 2.05) is 6.26 Å². The van der Waals surface area contributed by atoms with E-state index in [4.69, 9.17) is 9.47 Å². The number of hydrogen-bond acceptors (Lipinski definition) is 7. The summed E-state index contributed by atoms with van der Waals surface area (Å²) < 4.78 is 38.1. The number of esters is 1. The number of rotatable bonds is 11. The molecule has 0 heterocycles. The maximum absolute atomic E-state index is 12.7. The molecule has 1 aliphatic rings. The minimum absolute atomic E-state index is 0.0170. The average Bonchev–Trinajstić information content (AvgIpc) is 2.79. The predicted molar refractivity (Wildman–Crippen MR) is 121 cm³/mol. The molecule has 1 atom stereocenters. The summed E-state index contributed by atoms with van der Waals surface area (Å²) in [5, 5.41) is 0. The molecule has 1 aromatic carbocycles. The highest BCUT2D eigenvalue weighted by atomic mass is 32.2. The zero-order chi connectivity index (χ0) is 22.9. The third-order valence-corrected chi connectivity index (χ3v) is 7.55. The van der Waals surface area contributed by atoms with Gasteiger partial charge in [-0.2, -0.15) is 16.5 Å². The van der Waals surface area contributed by atoms with Crippen LogP contribution >= 0.6 is 11.8 Å². The topological polar surface area (TPSA) is 102 Å². The van der Waals surface area contributed by atoms with Gasteiger partial charge in [0.05, 0.1) is 12.0 Å². The fourth-order valence-corrected chi connectivity index (χ4v) is 5.17. The number of methoxy groups -OCH3 is 1. The number of carbonyl (C=O) groups excluding carboxylic acids is 2. The van der Waals surface area contributed by atoms with Gasteiger partial charge < -0.3 is 14.4 Å². The summed E-state index contributed by atoms with van der Waals surface area (Å²) in [5.74, 6) is 0.0529. The van der Waals surface area contributed by atoms with E-state index in [9.17, 15) is 18.0 Å². The van der Waals surface area contributed by atoms with Crippen LogP contribution in [0, 0.1) is 0 Å². The van der Waals surface area contributed by atoms with Gasteiger partial charge in [0.1, 0.15) is 11.8 Å². The second-order valence-electron chi connectivity index (χ2n) is 7.54. The van der Waals surface area contributed by atoms with Crippen LogP contribution in [0.25, 0.3) is 0 Å². The lowest BCUT2D eigenvalue weighted by molar-refractivity contribution is -0.154. The lowest BCUT2D eigenvalue weighted by atomic mass is 9.94. The van der Waals surface area contributed by atoms with E-state index in [2.05, 4.69) is 4.72 Å². The number of nitrogens with one attached hydrogen (secondary N) is 1. The van der Waals surface area contributed by atoms with E-state index in [-0.39, 0.29) is 23.3 Å². The number of likely N-dealkylation sites (N-methyl/N-ethyl adjacent to an activating group) is 1. The first kappa shape index (κ1) is 25.5. The quantitative estimate of drug-likeness (QED) is 0.494. The molecule has 0 saturated heterocycles. The van der Waals surface area contributed by atoms with Gasteiger partial charge >= 0.3 is 5.97 Å². The van der Waals surface area contributed by atoms with Crippen LogP contribution in [0.3, 0.4) is 0 Å². The number of hydrogen-bond donors (Lipinski definition) is 1. The Labute approximate surface area is 189 Å². The fourth-order valence-electron chi connectivity index (χ4n) is 3.48. The van der Waals surface area contributed by atoms with Gasteiger partial charge in [-0.3, -0.25) is 9.59 Å². The fraction of sp³-hybridized carbons (Fsp3) is 0.619. The number of benzene rings is 1. The third kappa shape index (κ3) is 7.69. The number of ether oxygens (including phenoxy) is 2. The number of thioether (sulfide) groups is 1. The molecule has 2 rings (SSSR count). The van der Waals surface area contributed by atoms with Crippen molar-refractivity contribution in [3.05, 3.63) is 24.3 Å². The third-order valence-electron chi connectivity index (χ3n) is 5.42. The van der Waals surface area contributed by atoms with Crippen molar-refractivity contribution < 1.29 is 27.5 Å². The summed E-state index contributed by atoms with van der Waals surface area (Å²) in [7, 11) is -0.728. The minimum Gasteiger partial charge on any atom is -0.497 e. The largest absolute Gasteiger partial charge is 0.497 e. The monoisotopic (exact) mass is 472 g/mol. The van der Waals surface area contributed by atoms with Crippen LogP contribution in [0.1, 0.15) is 38.5 Å². The van der Waals surface area contributed by atoms with E-state index in [1.165, 1.54) is 49.6 Å². The Morgan fingerprint density at radius 2 is 1.84 bits per heavy atom. The van der Waals surface area contributed by atoms with Crippen LogP contribution in [0.4, 0.5) is 0 Å². The van der Waals surface area contributed by atoms with Crippen molar-refractivity contribution in [3.63, 3.8) is 0 Å². The van der Waals surface area contributed by atoms with E-state index in [0.717, 1.165) is 25.7 Å². The number of nitrogens with zero attached hydrogens (tertiary/aromatic N) is 1. The molecule has 174 valence electrons. The molecule has 0 bridgehead atoms. The summed E-state index contributed by atoms with van der Waals surface area (Å²) in [6, 6.07) is 4.96. The predicted octanol–water partition coefficient (Wildman–Crippen LogP) is 2.43. The summed E-state index contributed by atoms with van der Waals surface area (Å²) in [6.07, 6.45) is 7.38. The number of sulfonamides is 1. The number of amides is 1. The second-order valence-corrected chi connectivity index (χ2v) is 10.2. The van der Waals surface area contributed by atoms with Crippen molar-refractivity contribution in [2.24, 2.45) is 0 Å². The highest BCUT2D eigenvalue weighted by Gasteiger charge is 2.28. The smallest absolute Gasteiger partial charge is 0.324 e. The summed E-state index contributed by atoms with van der Waals surface area (Å²) >= 11 is 1.49. The number of carbonyl (C=O) groups is 2. The first-order valence-corrected chi connectivity index (χ1v) is 13.2. The van der Waals surface area contributed by atoms with Gasteiger partial charge in [0.15, 0.2) is 6.61 Å². The molecule has 0 spiro atoms. The molecule has 0 radical (unpaired) electrons. The zero-order valence-corrected chi connectivity index (χ0v) is 20.0. The van der Waals surface area contributed by atoms with E-state index >= 15 is 0 Å². The van der Waals surface area contributed by atoms with Crippen LogP contribution in [0.5, 0.6) is 5.75 Å². The molecular weight excluding hydrogens is 440 g/mol. The Morgan fingerprint density at radius 1 is 1.19 bits per heavy atom. The molecule has 1 saturated carbocycles. The lowest BCUT2D eigenvalue weighted by Gasteiger charge is -2.31. The van der Waals surface area contributed by atoms with E-state index < -0.39 is 28.6 Å². The molecule has 1 aliphatic carbocycles. The van der Waals surface area contributed by atoms with Crippen molar-refractivity contribution in [1.82, 2.24) is 9.62 Å². The molecular formula is C21H32N2O6S2. The van der Waals surface area contributed by atoms with Crippen LogP contribution in [0.2, 0.25) is 0 Å². The normalized spacial score (nSPS) is 15.8. The van der Waals surface area contributed by atoms with Gasteiger partial charge in [-0.25, -0.2) is 8.42 Å². The van der Waals surface area contributed by atoms with Crippen molar-refractivity contribution in [2.75, 3.05) is 32.8 Å². The van der Waals surface area contributed by atoms with E-state index in [1.54, 1.807) is 11.9 Å². The molecule has 8 nitrogen and oxygen atoms in total. The molecule has 10 heteroatoms. The van der Waals surface area contributed by atoms with Crippen LogP contribution < -0.4 is 9.46 Å². The van der Waals surface area contributed by atoms with Gasteiger partial charge in [-0.05, 0) is 55.5 Å². The highest BCUT2D eigenvalue weighted by Crippen LogP contribution is 2.22. The SMILES string of the molecule is COc1ccc(S(=O)(=O)N[C@@H](CCSC)C(=O)OCC(=O)N(C)C2CCCCC2)cc1. The standard InChI is InChI=1S/C21H32N2O6S2/c1-23(16-7-5-4-6-8-16)20(24)15-29-21(25)19(13-14-30-3)22-31(26,27)18-11-9-17(28-2)10-12-18/h9-12,16,19,22H,4-8,13-15H2,1-3H3/t19-/m0/s1. The second kappa shape index (κ2) is 12.3. The first-order valence-electron chi connectivity index (χ1n) is 10.4. The Balaban J connectivity index is 1.99. The molecule has 31 heavy (non-hydrogen) atoms. The zero-order valence-electron chi connectivity index (χ0n) is 18.3. The Morgan fingerprint density at radius 3 is 2.42 bits per heavy atom. The van der Waals surface area contributed by atoms with Crippen LogP contribution in [-0.2, 0) is 24.3 Å².